The topological polar surface area (TPSA) is 53.4 Å². The Morgan fingerprint density at radius 1 is 1.75 bits per heavy atom. The Hall–Kier alpha value is -1.36. The first kappa shape index (κ1) is 11.1. The lowest BCUT2D eigenvalue weighted by molar-refractivity contribution is 0.0519. The first-order valence-corrected chi connectivity index (χ1v) is 5.60. The minimum Gasteiger partial charge on any atom is -0.461 e. The molecule has 1 atom stereocenters. The van der Waals surface area contributed by atoms with E-state index in [-0.39, 0.29) is 12.1 Å². The van der Waals surface area contributed by atoms with Crippen LogP contribution in [-0.2, 0) is 16.0 Å². The van der Waals surface area contributed by atoms with Crippen molar-refractivity contribution in [2.75, 3.05) is 13.2 Å². The van der Waals surface area contributed by atoms with E-state index in [1.165, 1.54) is 0 Å². The molecule has 1 fully saturated rings. The maximum Gasteiger partial charge on any atom is 0.358 e. The van der Waals surface area contributed by atoms with E-state index in [0.29, 0.717) is 12.3 Å². The number of aromatic nitrogens is 2. The van der Waals surface area contributed by atoms with Crippen LogP contribution in [0.3, 0.4) is 0 Å². The molecule has 0 bridgehead atoms. The first-order valence-electron chi connectivity index (χ1n) is 5.60. The van der Waals surface area contributed by atoms with Gasteiger partial charge in [0.15, 0.2) is 5.69 Å². The van der Waals surface area contributed by atoms with Crippen molar-refractivity contribution in [2.45, 2.75) is 32.4 Å². The zero-order valence-corrected chi connectivity index (χ0v) is 9.39. The summed E-state index contributed by atoms with van der Waals surface area (Å²) in [5.41, 5.74) is 0.361. The van der Waals surface area contributed by atoms with Crippen molar-refractivity contribution < 1.29 is 14.3 Å². The number of esters is 1. The molecule has 0 radical (unpaired) electrons. The van der Waals surface area contributed by atoms with Crippen LogP contribution in [0.5, 0.6) is 0 Å². The number of nitrogens with zero attached hydrogens (tertiary/aromatic N) is 2. The Balaban J connectivity index is 1.93. The molecule has 2 rings (SSSR count). The lowest BCUT2D eigenvalue weighted by atomic mass is 10.2. The van der Waals surface area contributed by atoms with Gasteiger partial charge in [-0.3, -0.25) is 0 Å². The zero-order valence-electron chi connectivity index (χ0n) is 9.39. The summed E-state index contributed by atoms with van der Waals surface area (Å²) in [6.07, 6.45) is 5.80. The Kier molecular flexibility index (Phi) is 3.56. The number of ether oxygens (including phenoxy) is 2. The number of rotatable bonds is 4. The molecular formula is C11H16N2O3. The Labute approximate surface area is 94.4 Å². The number of hydrogen-bond donors (Lipinski definition) is 0. The molecule has 1 aromatic heterocycles. The average molecular weight is 224 g/mol. The van der Waals surface area contributed by atoms with Crippen molar-refractivity contribution in [3.05, 3.63) is 18.2 Å². The van der Waals surface area contributed by atoms with Gasteiger partial charge in [-0.05, 0) is 19.8 Å². The highest BCUT2D eigenvalue weighted by atomic mass is 16.5. The molecule has 0 aliphatic carbocycles. The predicted octanol–water partition coefficient (Wildman–Crippen LogP) is 1.24. The summed E-state index contributed by atoms with van der Waals surface area (Å²) in [6.45, 7) is 3.75. The summed E-state index contributed by atoms with van der Waals surface area (Å²) >= 11 is 0. The van der Waals surface area contributed by atoms with E-state index in [0.717, 1.165) is 26.0 Å². The lowest BCUT2D eigenvalue weighted by Gasteiger charge is -2.08. The maximum absolute atomic E-state index is 11.4. The standard InChI is InChI=1S/C11H16N2O3/c1-2-15-11(14)10-7-13(8-12-10)6-9-4-3-5-16-9/h7-9H,2-6H2,1H3. The van der Waals surface area contributed by atoms with Crippen LogP contribution in [-0.4, -0.2) is 34.8 Å². The highest BCUT2D eigenvalue weighted by Gasteiger charge is 2.17. The van der Waals surface area contributed by atoms with Gasteiger partial charge in [-0.2, -0.15) is 0 Å². The minimum atomic E-state index is -0.367. The zero-order chi connectivity index (χ0) is 11.4. The predicted molar refractivity (Wildman–Crippen MR) is 57.2 cm³/mol. The highest BCUT2D eigenvalue weighted by molar-refractivity contribution is 5.86. The molecule has 1 aliphatic heterocycles. The summed E-state index contributed by atoms with van der Waals surface area (Å²) < 4.78 is 12.3. The van der Waals surface area contributed by atoms with Crippen LogP contribution >= 0.6 is 0 Å². The van der Waals surface area contributed by atoms with Crippen LogP contribution in [0.1, 0.15) is 30.3 Å². The van der Waals surface area contributed by atoms with E-state index in [9.17, 15) is 4.79 Å². The summed E-state index contributed by atoms with van der Waals surface area (Å²) in [6, 6.07) is 0. The van der Waals surface area contributed by atoms with E-state index < -0.39 is 0 Å². The number of carbonyl (C=O) groups is 1. The molecule has 5 nitrogen and oxygen atoms in total. The van der Waals surface area contributed by atoms with Crippen molar-refractivity contribution >= 4 is 5.97 Å². The second-order valence-electron chi connectivity index (χ2n) is 3.81. The van der Waals surface area contributed by atoms with Crippen molar-refractivity contribution in [1.29, 1.82) is 0 Å². The van der Waals surface area contributed by atoms with Crippen LogP contribution in [0.4, 0.5) is 0 Å². The van der Waals surface area contributed by atoms with Crippen LogP contribution in [0, 0.1) is 0 Å². The van der Waals surface area contributed by atoms with Gasteiger partial charge in [0, 0.05) is 19.3 Å². The van der Waals surface area contributed by atoms with Crippen molar-refractivity contribution in [1.82, 2.24) is 9.55 Å². The maximum atomic E-state index is 11.4. The highest BCUT2D eigenvalue weighted by Crippen LogP contribution is 2.14. The van der Waals surface area contributed by atoms with Gasteiger partial charge in [-0.25, -0.2) is 9.78 Å². The van der Waals surface area contributed by atoms with Crippen LogP contribution < -0.4 is 0 Å². The van der Waals surface area contributed by atoms with Crippen molar-refractivity contribution in [3.63, 3.8) is 0 Å². The van der Waals surface area contributed by atoms with Crippen LogP contribution in [0.15, 0.2) is 12.5 Å². The molecule has 1 saturated heterocycles. The normalized spacial score (nSPS) is 19.9. The Bertz CT molecular complexity index is 356. The molecule has 0 N–H and O–H groups in total. The van der Waals surface area contributed by atoms with Crippen LogP contribution in [0.25, 0.3) is 0 Å². The molecule has 0 saturated carbocycles. The summed E-state index contributed by atoms with van der Waals surface area (Å²) in [4.78, 5) is 15.4. The molecular weight excluding hydrogens is 208 g/mol. The summed E-state index contributed by atoms with van der Waals surface area (Å²) in [5.74, 6) is -0.367. The first-order chi connectivity index (χ1) is 7.79. The molecule has 5 heteroatoms. The van der Waals surface area contributed by atoms with Gasteiger partial charge in [0.1, 0.15) is 0 Å². The quantitative estimate of drug-likeness (QED) is 0.722. The second kappa shape index (κ2) is 5.12. The smallest absolute Gasteiger partial charge is 0.358 e. The van der Waals surface area contributed by atoms with Gasteiger partial charge in [0.05, 0.1) is 19.0 Å². The van der Waals surface area contributed by atoms with E-state index in [4.69, 9.17) is 9.47 Å². The number of imidazole rings is 1. The van der Waals surface area contributed by atoms with Gasteiger partial charge >= 0.3 is 5.97 Å². The largest absolute Gasteiger partial charge is 0.461 e. The third-order valence-corrected chi connectivity index (χ3v) is 2.56. The lowest BCUT2D eigenvalue weighted by Crippen LogP contribution is -2.13. The summed E-state index contributed by atoms with van der Waals surface area (Å²) in [7, 11) is 0. The van der Waals surface area contributed by atoms with Gasteiger partial charge < -0.3 is 14.0 Å². The van der Waals surface area contributed by atoms with E-state index in [1.807, 2.05) is 4.57 Å². The minimum absolute atomic E-state index is 0.254. The third kappa shape index (κ3) is 2.61. The third-order valence-electron chi connectivity index (χ3n) is 2.56. The van der Waals surface area contributed by atoms with Gasteiger partial charge in [0.25, 0.3) is 0 Å². The second-order valence-corrected chi connectivity index (χ2v) is 3.81. The Morgan fingerprint density at radius 3 is 3.31 bits per heavy atom. The van der Waals surface area contributed by atoms with E-state index >= 15 is 0 Å². The van der Waals surface area contributed by atoms with Crippen LogP contribution in [0.2, 0.25) is 0 Å². The van der Waals surface area contributed by atoms with Gasteiger partial charge in [-0.15, -0.1) is 0 Å². The SMILES string of the molecule is CCOC(=O)c1cn(CC2CCCO2)cn1. The molecule has 2 heterocycles. The number of carbonyl (C=O) groups excluding carboxylic acids is 1. The molecule has 1 unspecified atom stereocenters. The van der Waals surface area contributed by atoms with E-state index in [1.54, 1.807) is 19.4 Å². The fraction of sp³-hybridized carbons (Fsp3) is 0.636. The van der Waals surface area contributed by atoms with Gasteiger partial charge in [0.2, 0.25) is 0 Å². The Morgan fingerprint density at radius 2 is 2.62 bits per heavy atom. The molecule has 0 spiro atoms. The molecule has 0 aromatic carbocycles. The van der Waals surface area contributed by atoms with Crippen molar-refractivity contribution in [2.24, 2.45) is 0 Å². The molecule has 16 heavy (non-hydrogen) atoms. The van der Waals surface area contributed by atoms with E-state index in [2.05, 4.69) is 4.98 Å². The summed E-state index contributed by atoms with van der Waals surface area (Å²) in [5, 5.41) is 0. The fourth-order valence-electron chi connectivity index (χ4n) is 1.79. The fourth-order valence-corrected chi connectivity index (χ4v) is 1.79. The molecule has 1 aliphatic rings. The average Bonchev–Trinajstić information content (AvgIpc) is 2.90. The van der Waals surface area contributed by atoms with Crippen molar-refractivity contribution in [3.8, 4) is 0 Å². The molecule has 88 valence electrons. The van der Waals surface area contributed by atoms with Gasteiger partial charge in [-0.1, -0.05) is 0 Å². The molecule has 1 aromatic rings. The number of hydrogen-bond acceptors (Lipinski definition) is 4. The monoisotopic (exact) mass is 224 g/mol. The molecule has 0 amide bonds.